The molecule has 0 bridgehead atoms. The van der Waals surface area contributed by atoms with E-state index in [-0.39, 0.29) is 11.1 Å². The molecule has 0 unspecified atom stereocenters. The number of pyridine rings is 1. The standard InChI is InChI=1S/C24H21N3O3S2/c1-15(2)16-5-7-17(8-6-16)21-14-32-24(26-21)27(13-18-4-3-11-31-18)22(28)19-9-10-25-12-20(19)23(29)30/h3-12,14-15H,13H2,1-2H3,(H,29,30). The molecule has 6 nitrogen and oxygen atoms in total. The third kappa shape index (κ3) is 4.61. The van der Waals surface area contributed by atoms with Crippen molar-refractivity contribution in [3.8, 4) is 11.3 Å². The number of carbonyl (C=O) groups excluding carboxylic acids is 1. The molecule has 0 spiro atoms. The minimum atomic E-state index is -1.19. The smallest absolute Gasteiger partial charge is 0.338 e. The first-order chi connectivity index (χ1) is 15.4. The third-order valence-corrected chi connectivity index (χ3v) is 6.74. The fraction of sp³-hybridized carbons (Fsp3) is 0.167. The zero-order valence-corrected chi connectivity index (χ0v) is 19.2. The van der Waals surface area contributed by atoms with E-state index in [1.54, 1.807) is 0 Å². The largest absolute Gasteiger partial charge is 0.478 e. The normalized spacial score (nSPS) is 11.0. The highest BCUT2D eigenvalue weighted by molar-refractivity contribution is 7.14. The van der Waals surface area contributed by atoms with Crippen LogP contribution in [-0.2, 0) is 6.54 Å². The number of nitrogens with zero attached hydrogens (tertiary/aromatic N) is 3. The molecule has 4 aromatic rings. The van der Waals surface area contributed by atoms with Crippen LogP contribution in [0.4, 0.5) is 5.13 Å². The second-order valence-corrected chi connectivity index (χ2v) is 9.36. The number of thiophene rings is 1. The fourth-order valence-electron chi connectivity index (χ4n) is 3.24. The molecule has 0 saturated heterocycles. The van der Waals surface area contributed by atoms with Crippen LogP contribution >= 0.6 is 22.7 Å². The summed E-state index contributed by atoms with van der Waals surface area (Å²) in [6.45, 7) is 4.60. The van der Waals surface area contributed by atoms with Gasteiger partial charge in [0.05, 0.1) is 23.4 Å². The summed E-state index contributed by atoms with van der Waals surface area (Å²) in [5, 5.41) is 13.9. The number of hydrogen-bond acceptors (Lipinski definition) is 6. The number of aromatic nitrogens is 2. The van der Waals surface area contributed by atoms with E-state index in [1.807, 2.05) is 35.0 Å². The van der Waals surface area contributed by atoms with Crippen molar-refractivity contribution < 1.29 is 14.7 Å². The molecular weight excluding hydrogens is 442 g/mol. The van der Waals surface area contributed by atoms with E-state index in [2.05, 4.69) is 31.0 Å². The number of amides is 1. The minimum Gasteiger partial charge on any atom is -0.478 e. The van der Waals surface area contributed by atoms with Gasteiger partial charge in [-0.25, -0.2) is 9.78 Å². The molecule has 0 aliphatic heterocycles. The Morgan fingerprint density at radius 1 is 1.06 bits per heavy atom. The predicted octanol–water partition coefficient (Wildman–Crippen LogP) is 5.94. The van der Waals surface area contributed by atoms with Crippen molar-refractivity contribution in [3.63, 3.8) is 0 Å². The number of rotatable bonds is 7. The third-order valence-electron chi connectivity index (χ3n) is 5.02. The van der Waals surface area contributed by atoms with Gasteiger partial charge in [-0.2, -0.15) is 0 Å². The molecule has 1 N–H and O–H groups in total. The number of benzene rings is 1. The molecule has 4 rings (SSSR count). The molecule has 8 heteroatoms. The quantitative estimate of drug-likeness (QED) is 0.367. The Morgan fingerprint density at radius 2 is 1.84 bits per heavy atom. The summed E-state index contributed by atoms with van der Waals surface area (Å²) < 4.78 is 0. The molecule has 0 atom stereocenters. The summed E-state index contributed by atoms with van der Waals surface area (Å²) in [6, 6.07) is 13.5. The van der Waals surface area contributed by atoms with Gasteiger partial charge in [0.15, 0.2) is 5.13 Å². The van der Waals surface area contributed by atoms with Gasteiger partial charge < -0.3 is 5.11 Å². The SMILES string of the molecule is CC(C)c1ccc(-c2csc(N(Cc3cccs3)C(=O)c3ccncc3C(=O)O)n2)cc1. The molecule has 0 saturated carbocycles. The fourth-order valence-corrected chi connectivity index (χ4v) is 4.77. The first-order valence-electron chi connectivity index (χ1n) is 10.0. The van der Waals surface area contributed by atoms with Gasteiger partial charge in [0, 0.05) is 28.2 Å². The lowest BCUT2D eigenvalue weighted by Gasteiger charge is -2.20. The topological polar surface area (TPSA) is 83.4 Å². The van der Waals surface area contributed by atoms with Crippen molar-refractivity contribution in [2.75, 3.05) is 4.90 Å². The van der Waals surface area contributed by atoms with Gasteiger partial charge in [0.25, 0.3) is 5.91 Å². The van der Waals surface area contributed by atoms with E-state index in [1.165, 1.54) is 51.6 Å². The number of carbonyl (C=O) groups is 2. The first kappa shape index (κ1) is 21.9. The van der Waals surface area contributed by atoms with Crippen LogP contribution in [0.3, 0.4) is 0 Å². The number of carboxylic acids is 1. The monoisotopic (exact) mass is 463 g/mol. The summed E-state index contributed by atoms with van der Waals surface area (Å²) in [5.41, 5.74) is 2.95. The number of anilines is 1. The maximum atomic E-state index is 13.5. The van der Waals surface area contributed by atoms with Crippen LogP contribution in [0.1, 0.15) is 50.9 Å². The van der Waals surface area contributed by atoms with E-state index in [9.17, 15) is 14.7 Å². The molecule has 0 fully saturated rings. The van der Waals surface area contributed by atoms with Gasteiger partial charge in [0.1, 0.15) is 0 Å². The van der Waals surface area contributed by atoms with Crippen molar-refractivity contribution >= 4 is 39.7 Å². The van der Waals surface area contributed by atoms with Gasteiger partial charge in [-0.15, -0.1) is 22.7 Å². The van der Waals surface area contributed by atoms with Gasteiger partial charge in [-0.1, -0.05) is 44.2 Å². The summed E-state index contributed by atoms with van der Waals surface area (Å²) in [4.78, 5) is 36.2. The van der Waals surface area contributed by atoms with Crippen molar-refractivity contribution in [3.05, 3.63) is 87.2 Å². The van der Waals surface area contributed by atoms with E-state index >= 15 is 0 Å². The van der Waals surface area contributed by atoms with E-state index < -0.39 is 11.9 Å². The lowest BCUT2D eigenvalue weighted by Crippen LogP contribution is -2.31. The number of hydrogen-bond donors (Lipinski definition) is 1. The van der Waals surface area contributed by atoms with Crippen LogP contribution in [-0.4, -0.2) is 27.0 Å². The average molecular weight is 464 g/mol. The summed E-state index contributed by atoms with van der Waals surface area (Å²) in [6.07, 6.45) is 2.62. The lowest BCUT2D eigenvalue weighted by atomic mass is 10.0. The predicted molar refractivity (Wildman–Crippen MR) is 128 cm³/mol. The second kappa shape index (κ2) is 9.42. The van der Waals surface area contributed by atoms with Crippen LogP contribution in [0, 0.1) is 0 Å². The van der Waals surface area contributed by atoms with E-state index in [0.717, 1.165) is 16.1 Å². The molecule has 0 aliphatic rings. The number of thiazole rings is 1. The molecule has 0 aliphatic carbocycles. The Balaban J connectivity index is 1.70. The van der Waals surface area contributed by atoms with Gasteiger partial charge >= 0.3 is 5.97 Å². The van der Waals surface area contributed by atoms with Crippen molar-refractivity contribution in [2.45, 2.75) is 26.3 Å². The van der Waals surface area contributed by atoms with E-state index in [4.69, 9.17) is 4.98 Å². The maximum Gasteiger partial charge on any atom is 0.338 e. The Hall–Kier alpha value is -3.36. The minimum absolute atomic E-state index is 0.0853. The molecular formula is C24H21N3O3S2. The first-order valence-corrected chi connectivity index (χ1v) is 11.8. The summed E-state index contributed by atoms with van der Waals surface area (Å²) >= 11 is 2.89. The van der Waals surface area contributed by atoms with Gasteiger partial charge in [-0.3, -0.25) is 14.7 Å². The summed E-state index contributed by atoms with van der Waals surface area (Å²) in [5.74, 6) is -1.17. The highest BCUT2D eigenvalue weighted by Crippen LogP contribution is 2.31. The van der Waals surface area contributed by atoms with Crippen LogP contribution < -0.4 is 4.90 Å². The Labute approximate surface area is 193 Å². The van der Waals surface area contributed by atoms with E-state index in [0.29, 0.717) is 17.6 Å². The van der Waals surface area contributed by atoms with Crippen molar-refractivity contribution in [1.82, 2.24) is 9.97 Å². The lowest BCUT2D eigenvalue weighted by molar-refractivity contribution is 0.0691. The summed E-state index contributed by atoms with van der Waals surface area (Å²) in [7, 11) is 0. The Kier molecular flexibility index (Phi) is 6.43. The number of aromatic carboxylic acids is 1. The molecule has 3 aromatic heterocycles. The number of carboxylic acid groups (broad SMARTS) is 1. The highest BCUT2D eigenvalue weighted by Gasteiger charge is 2.26. The molecule has 3 heterocycles. The Morgan fingerprint density at radius 3 is 2.50 bits per heavy atom. The molecule has 0 radical (unpaired) electrons. The zero-order chi connectivity index (χ0) is 22.7. The highest BCUT2D eigenvalue weighted by atomic mass is 32.1. The van der Waals surface area contributed by atoms with Crippen molar-refractivity contribution in [1.29, 1.82) is 0 Å². The average Bonchev–Trinajstić information content (AvgIpc) is 3.49. The van der Waals surface area contributed by atoms with Crippen LogP contribution in [0.5, 0.6) is 0 Å². The van der Waals surface area contributed by atoms with Crippen LogP contribution in [0.25, 0.3) is 11.3 Å². The zero-order valence-electron chi connectivity index (χ0n) is 17.6. The molecule has 1 amide bonds. The maximum absolute atomic E-state index is 13.5. The van der Waals surface area contributed by atoms with Crippen LogP contribution in [0.15, 0.2) is 65.6 Å². The van der Waals surface area contributed by atoms with Crippen molar-refractivity contribution in [2.24, 2.45) is 0 Å². The van der Waals surface area contributed by atoms with Gasteiger partial charge in [0.2, 0.25) is 0 Å². The molecule has 1 aromatic carbocycles. The second-order valence-electron chi connectivity index (χ2n) is 7.49. The van der Waals surface area contributed by atoms with Crippen LogP contribution in [0.2, 0.25) is 0 Å². The molecule has 162 valence electrons. The Bertz CT molecular complexity index is 1230. The molecule has 32 heavy (non-hydrogen) atoms. The van der Waals surface area contributed by atoms with Gasteiger partial charge in [-0.05, 0) is 29.0 Å².